The van der Waals surface area contributed by atoms with Crippen molar-refractivity contribution in [2.75, 3.05) is 0 Å². The molecule has 3 heteroatoms. The van der Waals surface area contributed by atoms with Crippen molar-refractivity contribution >= 4 is 0 Å². The fourth-order valence-electron chi connectivity index (χ4n) is 0.681. The van der Waals surface area contributed by atoms with Gasteiger partial charge in [0.2, 0.25) is 0 Å². The maximum absolute atomic E-state index is 3.98. The molecule has 0 saturated heterocycles. The number of hydrogen-bond donors (Lipinski definition) is 0. The highest BCUT2D eigenvalue weighted by molar-refractivity contribution is 5.04. The molecular weight excluding hydrogens is 114 g/mol. The minimum Gasteiger partial charge on any atom is -0.238 e. The van der Waals surface area contributed by atoms with Gasteiger partial charge >= 0.3 is 0 Å². The summed E-state index contributed by atoms with van der Waals surface area (Å²) in [4.78, 5) is 3.98. The monoisotopic (exact) mass is 123 g/mol. The summed E-state index contributed by atoms with van der Waals surface area (Å²) >= 11 is 0. The molecule has 0 spiro atoms. The molecule has 9 heavy (non-hydrogen) atoms. The van der Waals surface area contributed by atoms with Crippen LogP contribution in [0.15, 0.2) is 6.33 Å². The third-order valence-electron chi connectivity index (χ3n) is 1.23. The van der Waals surface area contributed by atoms with Crippen LogP contribution in [0.1, 0.15) is 18.3 Å². The fourth-order valence-corrected chi connectivity index (χ4v) is 0.681. The van der Waals surface area contributed by atoms with Gasteiger partial charge in [-0.2, -0.15) is 5.10 Å². The van der Waals surface area contributed by atoms with E-state index in [-0.39, 0.29) is 0 Å². The molecule has 0 saturated carbocycles. The topological polar surface area (TPSA) is 38.7 Å². The molecule has 0 aromatic carbocycles. The van der Waals surface area contributed by atoms with Gasteiger partial charge in [-0.3, -0.25) is 0 Å². The lowest BCUT2D eigenvalue weighted by molar-refractivity contribution is 0.850. The molecule has 0 amide bonds. The SMILES string of the molecule is CCc1nncnc1C. The maximum atomic E-state index is 3.98. The normalized spacial score (nSPS) is 9.56. The van der Waals surface area contributed by atoms with Crippen molar-refractivity contribution in [3.63, 3.8) is 0 Å². The second kappa shape index (κ2) is 2.53. The van der Waals surface area contributed by atoms with Crippen molar-refractivity contribution in [2.45, 2.75) is 20.3 Å². The molecule has 0 atom stereocenters. The van der Waals surface area contributed by atoms with Gasteiger partial charge in [0.25, 0.3) is 0 Å². The van der Waals surface area contributed by atoms with Gasteiger partial charge in [0.1, 0.15) is 6.33 Å². The lowest BCUT2D eigenvalue weighted by Crippen LogP contribution is -1.96. The highest BCUT2D eigenvalue weighted by atomic mass is 15.1. The van der Waals surface area contributed by atoms with Gasteiger partial charge in [-0.25, -0.2) is 4.98 Å². The van der Waals surface area contributed by atoms with E-state index in [9.17, 15) is 0 Å². The Kier molecular flexibility index (Phi) is 1.72. The van der Waals surface area contributed by atoms with Crippen LogP contribution in [-0.4, -0.2) is 15.2 Å². The Bertz CT molecular complexity index is 197. The molecule has 3 nitrogen and oxygen atoms in total. The lowest BCUT2D eigenvalue weighted by atomic mass is 10.3. The van der Waals surface area contributed by atoms with Gasteiger partial charge in [0, 0.05) is 0 Å². The van der Waals surface area contributed by atoms with Crippen molar-refractivity contribution in [1.82, 2.24) is 15.2 Å². The average molecular weight is 123 g/mol. The summed E-state index contributed by atoms with van der Waals surface area (Å²) in [7, 11) is 0. The molecule has 0 aliphatic heterocycles. The van der Waals surface area contributed by atoms with E-state index in [0.29, 0.717) is 0 Å². The van der Waals surface area contributed by atoms with Gasteiger partial charge in [0.05, 0.1) is 11.4 Å². The van der Waals surface area contributed by atoms with E-state index in [2.05, 4.69) is 15.2 Å². The van der Waals surface area contributed by atoms with Crippen molar-refractivity contribution in [3.05, 3.63) is 17.7 Å². The minimum absolute atomic E-state index is 0.909. The van der Waals surface area contributed by atoms with E-state index in [0.717, 1.165) is 17.8 Å². The molecule has 0 unspecified atom stereocenters. The van der Waals surface area contributed by atoms with Crippen LogP contribution < -0.4 is 0 Å². The van der Waals surface area contributed by atoms with E-state index in [1.165, 1.54) is 6.33 Å². The van der Waals surface area contributed by atoms with Crippen LogP contribution in [0.4, 0.5) is 0 Å². The first kappa shape index (κ1) is 6.13. The lowest BCUT2D eigenvalue weighted by Gasteiger charge is -1.94. The largest absolute Gasteiger partial charge is 0.238 e. The summed E-state index contributed by atoms with van der Waals surface area (Å²) in [6.07, 6.45) is 2.38. The van der Waals surface area contributed by atoms with E-state index < -0.39 is 0 Å². The Hall–Kier alpha value is -0.990. The fraction of sp³-hybridized carbons (Fsp3) is 0.500. The van der Waals surface area contributed by atoms with Crippen LogP contribution in [0, 0.1) is 6.92 Å². The number of aromatic nitrogens is 3. The maximum Gasteiger partial charge on any atom is 0.138 e. The van der Waals surface area contributed by atoms with Crippen LogP contribution in [0.5, 0.6) is 0 Å². The summed E-state index contributed by atoms with van der Waals surface area (Å²) in [6.45, 7) is 3.98. The van der Waals surface area contributed by atoms with Gasteiger partial charge in [-0.05, 0) is 13.3 Å². The molecule has 0 aliphatic rings. The molecule has 1 rings (SSSR count). The Morgan fingerprint density at radius 3 is 2.78 bits per heavy atom. The third kappa shape index (κ3) is 1.22. The smallest absolute Gasteiger partial charge is 0.138 e. The first-order chi connectivity index (χ1) is 4.34. The summed E-state index contributed by atoms with van der Waals surface area (Å²) in [5.74, 6) is 0. The molecule has 0 bridgehead atoms. The zero-order valence-electron chi connectivity index (χ0n) is 5.63. The van der Waals surface area contributed by atoms with Gasteiger partial charge in [-0.1, -0.05) is 6.92 Å². The molecule has 1 aromatic rings. The Balaban J connectivity index is 3.01. The van der Waals surface area contributed by atoms with Crippen LogP contribution in [0.2, 0.25) is 0 Å². The number of rotatable bonds is 1. The zero-order valence-corrected chi connectivity index (χ0v) is 5.63. The van der Waals surface area contributed by atoms with E-state index in [1.54, 1.807) is 0 Å². The molecule has 1 heterocycles. The van der Waals surface area contributed by atoms with E-state index >= 15 is 0 Å². The highest BCUT2D eigenvalue weighted by Crippen LogP contribution is 1.96. The second-order valence-corrected chi connectivity index (χ2v) is 1.85. The van der Waals surface area contributed by atoms with E-state index in [4.69, 9.17) is 0 Å². The number of hydrogen-bond acceptors (Lipinski definition) is 3. The summed E-state index contributed by atoms with van der Waals surface area (Å²) in [6, 6.07) is 0. The van der Waals surface area contributed by atoms with Crippen molar-refractivity contribution in [1.29, 1.82) is 0 Å². The zero-order chi connectivity index (χ0) is 6.69. The standard InChI is InChI=1S/C6H9N3/c1-3-6-5(2)7-4-8-9-6/h4H,3H2,1-2H3. The van der Waals surface area contributed by atoms with Crippen molar-refractivity contribution in [3.8, 4) is 0 Å². The first-order valence-corrected chi connectivity index (χ1v) is 2.97. The molecular formula is C6H9N3. The first-order valence-electron chi connectivity index (χ1n) is 2.97. The minimum atomic E-state index is 0.909. The van der Waals surface area contributed by atoms with Gasteiger partial charge in [-0.15, -0.1) is 5.10 Å². The Morgan fingerprint density at radius 1 is 1.56 bits per heavy atom. The highest BCUT2D eigenvalue weighted by Gasteiger charge is 1.94. The summed E-state index contributed by atoms with van der Waals surface area (Å²) in [5, 5.41) is 7.54. The molecule has 0 fully saturated rings. The van der Waals surface area contributed by atoms with E-state index in [1.807, 2.05) is 13.8 Å². The van der Waals surface area contributed by atoms with Crippen molar-refractivity contribution in [2.24, 2.45) is 0 Å². The summed E-state index contributed by atoms with van der Waals surface area (Å²) < 4.78 is 0. The van der Waals surface area contributed by atoms with Crippen LogP contribution in [0.3, 0.4) is 0 Å². The third-order valence-corrected chi connectivity index (χ3v) is 1.23. The molecule has 0 radical (unpaired) electrons. The Morgan fingerprint density at radius 2 is 2.33 bits per heavy atom. The Labute approximate surface area is 54.2 Å². The molecule has 48 valence electrons. The van der Waals surface area contributed by atoms with Crippen LogP contribution >= 0.6 is 0 Å². The van der Waals surface area contributed by atoms with Crippen LogP contribution in [0.25, 0.3) is 0 Å². The number of nitrogens with zero attached hydrogens (tertiary/aromatic N) is 3. The van der Waals surface area contributed by atoms with Gasteiger partial charge < -0.3 is 0 Å². The quantitative estimate of drug-likeness (QED) is 0.553. The second-order valence-electron chi connectivity index (χ2n) is 1.85. The predicted molar refractivity (Wildman–Crippen MR) is 33.9 cm³/mol. The molecule has 0 N–H and O–H groups in total. The molecule has 1 aromatic heterocycles. The van der Waals surface area contributed by atoms with Crippen molar-refractivity contribution < 1.29 is 0 Å². The average Bonchev–Trinajstić information content (AvgIpc) is 1.89. The molecule has 0 aliphatic carbocycles. The summed E-state index contributed by atoms with van der Waals surface area (Å²) in [5.41, 5.74) is 1.96. The predicted octanol–water partition coefficient (Wildman–Crippen LogP) is 0.742. The van der Waals surface area contributed by atoms with Gasteiger partial charge in [0.15, 0.2) is 0 Å². The number of aryl methyl sites for hydroxylation is 2. The van der Waals surface area contributed by atoms with Crippen LogP contribution in [-0.2, 0) is 6.42 Å².